The zero-order valence-electron chi connectivity index (χ0n) is 13.6. The highest BCUT2D eigenvalue weighted by atomic mass is 35.7. The first-order valence-corrected chi connectivity index (χ1v) is 21.2. The van der Waals surface area contributed by atoms with Gasteiger partial charge in [-0.2, -0.15) is 9.03 Å². The van der Waals surface area contributed by atoms with Crippen LogP contribution in [0.1, 0.15) is 34.6 Å². The smallest absolute Gasteiger partial charge is 0.202 e. The van der Waals surface area contributed by atoms with Gasteiger partial charge in [-0.05, 0) is 40.0 Å². The number of hydrogen-bond acceptors (Lipinski definition) is 8. The summed E-state index contributed by atoms with van der Waals surface area (Å²) in [5, 5.41) is 0. The van der Waals surface area contributed by atoms with Gasteiger partial charge in [0.15, 0.2) is 11.2 Å². The van der Waals surface area contributed by atoms with Gasteiger partial charge in [0, 0.05) is 0 Å². The summed E-state index contributed by atoms with van der Waals surface area (Å²) in [5.41, 5.74) is -3.66. The first-order chi connectivity index (χ1) is 10.4. The molecule has 0 radical (unpaired) electrons. The Bertz CT molecular complexity index is 492. The van der Waals surface area contributed by atoms with Crippen molar-refractivity contribution < 1.29 is 0 Å². The molecule has 0 amide bonds. The molecule has 0 aromatic carbocycles. The molecule has 0 bridgehead atoms. The molecule has 0 N–H and O–H groups in total. The van der Waals surface area contributed by atoms with Gasteiger partial charge in [-0.1, -0.05) is 91.5 Å². The van der Waals surface area contributed by atoms with Gasteiger partial charge in [-0.15, -0.1) is 0 Å². The van der Waals surface area contributed by atoms with Gasteiger partial charge in [-0.25, -0.2) is 4.52 Å². The van der Waals surface area contributed by atoms with Crippen LogP contribution in [0.4, 0.5) is 0 Å². The highest BCUT2D eigenvalue weighted by molar-refractivity contribution is 8.97. The van der Waals surface area contributed by atoms with E-state index in [-0.39, 0.29) is 0 Å². The van der Waals surface area contributed by atoms with Gasteiger partial charge in [0.2, 0.25) is 5.76 Å². The standard InChI is InChI=1S/C10H25ClN3P3S5/c1-6-18-15(11)12-16(19-7-2,20-8-3)14-17(13-15,21-9-4)22-10-5/h6-10H2,1-5H3. The molecular weight excluding hydrogens is 451 g/mol. The van der Waals surface area contributed by atoms with E-state index in [4.69, 9.17) is 24.8 Å². The van der Waals surface area contributed by atoms with Crippen LogP contribution in [0.25, 0.3) is 0 Å². The Morgan fingerprint density at radius 2 is 0.955 bits per heavy atom. The van der Waals surface area contributed by atoms with Crippen molar-refractivity contribution in [2.24, 2.45) is 13.5 Å². The predicted molar refractivity (Wildman–Crippen MR) is 125 cm³/mol. The topological polar surface area (TPSA) is 37.1 Å². The Morgan fingerprint density at radius 3 is 1.32 bits per heavy atom. The Morgan fingerprint density at radius 1 is 0.591 bits per heavy atom. The molecule has 1 atom stereocenters. The van der Waals surface area contributed by atoms with E-state index in [9.17, 15) is 0 Å². The van der Waals surface area contributed by atoms with Crippen LogP contribution in [0.15, 0.2) is 13.5 Å². The van der Waals surface area contributed by atoms with Gasteiger partial charge < -0.3 is 0 Å². The van der Waals surface area contributed by atoms with E-state index < -0.39 is 17.0 Å². The Hall–Kier alpha value is 2.73. The van der Waals surface area contributed by atoms with Crippen molar-refractivity contribution in [1.82, 2.24) is 0 Å². The van der Waals surface area contributed by atoms with E-state index in [2.05, 4.69) is 34.6 Å². The molecule has 1 aliphatic heterocycles. The maximum Gasteiger partial charge on any atom is 0.223 e. The molecule has 1 unspecified atom stereocenters. The van der Waals surface area contributed by atoms with Crippen molar-refractivity contribution >= 4 is 85.1 Å². The minimum atomic E-state index is -2.16. The van der Waals surface area contributed by atoms with Crippen molar-refractivity contribution in [3.8, 4) is 0 Å². The highest BCUT2D eigenvalue weighted by Crippen LogP contribution is 2.95. The average molecular weight is 476 g/mol. The van der Waals surface area contributed by atoms with Crippen molar-refractivity contribution in [3.05, 3.63) is 0 Å². The second-order valence-corrected chi connectivity index (χ2v) is 28.0. The second kappa shape index (κ2) is 10.8. The summed E-state index contributed by atoms with van der Waals surface area (Å²) in [7, 11) is 0. The van der Waals surface area contributed by atoms with Crippen molar-refractivity contribution in [2.45, 2.75) is 34.6 Å². The van der Waals surface area contributed by atoms with E-state index in [0.717, 1.165) is 28.8 Å². The lowest BCUT2D eigenvalue weighted by Crippen LogP contribution is -1.81. The number of rotatable bonds is 10. The highest BCUT2D eigenvalue weighted by Gasteiger charge is 2.36. The molecule has 132 valence electrons. The molecule has 0 saturated heterocycles. The van der Waals surface area contributed by atoms with Crippen LogP contribution in [0.5, 0.6) is 0 Å². The summed E-state index contributed by atoms with van der Waals surface area (Å²) in [6.45, 7) is 10.9. The quantitative estimate of drug-likeness (QED) is 0.294. The monoisotopic (exact) mass is 475 g/mol. The average Bonchev–Trinajstić information content (AvgIpc) is 2.38. The lowest BCUT2D eigenvalue weighted by molar-refractivity contribution is 1.53. The molecule has 1 rings (SSSR count). The fraction of sp³-hybridized carbons (Fsp3) is 1.00. The fourth-order valence-electron chi connectivity index (χ4n) is 1.65. The molecule has 0 fully saturated rings. The van der Waals surface area contributed by atoms with E-state index >= 15 is 0 Å². The van der Waals surface area contributed by atoms with Crippen molar-refractivity contribution in [2.75, 3.05) is 28.8 Å². The van der Waals surface area contributed by atoms with Crippen LogP contribution >= 0.6 is 85.1 Å². The lowest BCUT2D eigenvalue weighted by atomic mass is 11.0. The van der Waals surface area contributed by atoms with Crippen LogP contribution in [0.3, 0.4) is 0 Å². The zero-order chi connectivity index (χ0) is 16.7. The summed E-state index contributed by atoms with van der Waals surface area (Å²) >= 11 is 16.4. The lowest BCUT2D eigenvalue weighted by Gasteiger charge is -2.31. The summed E-state index contributed by atoms with van der Waals surface area (Å²) < 4.78 is 15.6. The predicted octanol–water partition coefficient (Wildman–Crippen LogP) is 9.84. The number of hydrogen-bond donors (Lipinski definition) is 0. The molecule has 0 aliphatic carbocycles. The summed E-state index contributed by atoms with van der Waals surface area (Å²) in [6.07, 6.45) is 0. The molecule has 0 aromatic heterocycles. The molecular formula is C10H25ClN3P3S5. The normalized spacial score (nSPS) is 25.9. The molecule has 1 heterocycles. The van der Waals surface area contributed by atoms with Crippen molar-refractivity contribution in [1.29, 1.82) is 0 Å². The molecule has 1 aliphatic rings. The van der Waals surface area contributed by atoms with Gasteiger partial charge in [0.25, 0.3) is 0 Å². The molecule has 0 aromatic rings. The molecule has 22 heavy (non-hydrogen) atoms. The Labute approximate surface area is 161 Å². The van der Waals surface area contributed by atoms with Gasteiger partial charge in [0.05, 0.1) is 0 Å². The third-order valence-corrected chi connectivity index (χ3v) is 31.9. The first-order valence-electron chi connectivity index (χ1n) is 7.26. The summed E-state index contributed by atoms with van der Waals surface area (Å²) in [5.74, 6) is 2.95. The van der Waals surface area contributed by atoms with Crippen LogP contribution in [0, 0.1) is 0 Å². The van der Waals surface area contributed by atoms with Crippen LogP contribution in [0.2, 0.25) is 0 Å². The molecule has 0 saturated carbocycles. The van der Waals surface area contributed by atoms with Crippen LogP contribution in [-0.2, 0) is 0 Å². The van der Waals surface area contributed by atoms with E-state index in [1.54, 1.807) is 11.4 Å². The van der Waals surface area contributed by atoms with Crippen LogP contribution in [-0.4, -0.2) is 28.8 Å². The molecule has 0 spiro atoms. The summed E-state index contributed by atoms with van der Waals surface area (Å²) in [6, 6.07) is 0. The van der Waals surface area contributed by atoms with E-state index in [0.29, 0.717) is 0 Å². The fourth-order valence-corrected chi connectivity index (χ4v) is 42.5. The van der Waals surface area contributed by atoms with Crippen molar-refractivity contribution in [3.63, 3.8) is 0 Å². The van der Waals surface area contributed by atoms with E-state index in [1.165, 1.54) is 0 Å². The third-order valence-electron chi connectivity index (χ3n) is 2.16. The minimum absolute atomic E-state index is 0.964. The third kappa shape index (κ3) is 6.47. The largest absolute Gasteiger partial charge is 0.223 e. The van der Waals surface area contributed by atoms with E-state index in [1.807, 2.05) is 45.5 Å². The maximum absolute atomic E-state index is 6.97. The molecule has 12 heteroatoms. The second-order valence-electron chi connectivity index (χ2n) is 3.81. The Kier molecular flexibility index (Phi) is 11.2. The van der Waals surface area contributed by atoms with Crippen LogP contribution < -0.4 is 0 Å². The Balaban J connectivity index is 3.56. The maximum atomic E-state index is 6.97. The van der Waals surface area contributed by atoms with Gasteiger partial charge in [0.1, 0.15) is 0 Å². The zero-order valence-corrected chi connectivity index (χ0v) is 21.2. The molecule has 3 nitrogen and oxygen atoms in total. The SMILES string of the molecule is CCSP1(Cl)=NP(SCC)(SCC)=NP(SCC)(SCC)=N1. The van der Waals surface area contributed by atoms with Gasteiger partial charge >= 0.3 is 0 Å². The van der Waals surface area contributed by atoms with Gasteiger partial charge in [-0.3, -0.25) is 0 Å². The number of halogens is 1. The number of nitrogens with zero attached hydrogens (tertiary/aromatic N) is 3. The minimum Gasteiger partial charge on any atom is -0.202 e. The first kappa shape index (κ1) is 22.8. The summed E-state index contributed by atoms with van der Waals surface area (Å²) in [4.78, 5) is 0.